The zero-order valence-electron chi connectivity index (χ0n) is 16.4. The molecule has 26 heavy (non-hydrogen) atoms. The fourth-order valence-electron chi connectivity index (χ4n) is 2.76. The topological polar surface area (TPSA) is 76.0 Å². The average Bonchev–Trinajstić information content (AvgIpc) is 2.80. The number of amides is 2. The van der Waals surface area contributed by atoms with E-state index in [4.69, 9.17) is 0 Å². The van der Waals surface area contributed by atoms with Crippen LogP contribution in [0.4, 0.5) is 0 Å². The van der Waals surface area contributed by atoms with Crippen molar-refractivity contribution in [3.8, 4) is 0 Å². The molecule has 0 fully saturated rings. The number of carbonyl (C=O) groups excluding carboxylic acids is 2. The van der Waals surface area contributed by atoms with Crippen molar-refractivity contribution in [1.29, 1.82) is 0 Å². The maximum absolute atomic E-state index is 12.5. The smallest absolute Gasteiger partial charge is 0.255 e. The summed E-state index contributed by atoms with van der Waals surface area (Å²) in [4.78, 5) is 24.4. The molecule has 1 aromatic heterocycles. The maximum atomic E-state index is 12.5. The molecule has 0 unspecified atom stereocenters. The Bertz CT molecular complexity index is 798. The number of nitrogens with one attached hydrogen (secondary N) is 2. The number of hydrogen-bond acceptors (Lipinski definition) is 3. The number of rotatable bonds is 5. The first-order chi connectivity index (χ1) is 12.1. The van der Waals surface area contributed by atoms with Gasteiger partial charge in [0.1, 0.15) is 0 Å². The number of aromatic nitrogens is 2. The van der Waals surface area contributed by atoms with Crippen LogP contribution in [0.2, 0.25) is 0 Å². The predicted octanol–water partition coefficient (Wildman–Crippen LogP) is 2.50. The Hall–Kier alpha value is -2.63. The van der Waals surface area contributed by atoms with E-state index in [0.29, 0.717) is 17.8 Å². The molecular weight excluding hydrogens is 328 g/mol. The van der Waals surface area contributed by atoms with E-state index < -0.39 is 0 Å². The van der Waals surface area contributed by atoms with Crippen LogP contribution in [0.1, 0.15) is 53.6 Å². The molecule has 1 aromatic carbocycles. The van der Waals surface area contributed by atoms with Gasteiger partial charge in [0.15, 0.2) is 0 Å². The van der Waals surface area contributed by atoms with E-state index in [1.807, 2.05) is 46.2 Å². The second-order valence-corrected chi connectivity index (χ2v) is 7.67. The van der Waals surface area contributed by atoms with E-state index >= 15 is 0 Å². The number of nitrogens with zero attached hydrogens (tertiary/aromatic N) is 2. The molecule has 0 spiro atoms. The predicted molar refractivity (Wildman–Crippen MR) is 102 cm³/mol. The van der Waals surface area contributed by atoms with E-state index in [0.717, 1.165) is 11.3 Å². The second kappa shape index (κ2) is 7.72. The van der Waals surface area contributed by atoms with Crippen molar-refractivity contribution >= 4 is 11.8 Å². The molecule has 0 aliphatic rings. The molecule has 0 saturated carbocycles. The van der Waals surface area contributed by atoms with Crippen LogP contribution in [-0.2, 0) is 11.3 Å². The number of hydrogen-bond donors (Lipinski definition) is 2. The summed E-state index contributed by atoms with van der Waals surface area (Å²) in [6.07, 6.45) is 0. The molecule has 0 aliphatic carbocycles. The summed E-state index contributed by atoms with van der Waals surface area (Å²) >= 11 is 0. The van der Waals surface area contributed by atoms with Crippen molar-refractivity contribution in [2.45, 2.75) is 53.6 Å². The average molecular weight is 356 g/mol. The minimum atomic E-state index is -0.327. The zero-order valence-corrected chi connectivity index (χ0v) is 16.4. The maximum Gasteiger partial charge on any atom is 0.255 e. The summed E-state index contributed by atoms with van der Waals surface area (Å²) in [5.74, 6) is -0.493. The lowest BCUT2D eigenvalue weighted by atomic mass is 10.1. The third-order valence-electron chi connectivity index (χ3n) is 3.99. The van der Waals surface area contributed by atoms with Crippen molar-refractivity contribution in [3.05, 3.63) is 52.3 Å². The van der Waals surface area contributed by atoms with Crippen LogP contribution < -0.4 is 10.6 Å². The van der Waals surface area contributed by atoms with Crippen molar-refractivity contribution in [2.75, 3.05) is 6.54 Å². The van der Waals surface area contributed by atoms with Crippen molar-refractivity contribution in [1.82, 2.24) is 20.4 Å². The SMILES string of the molecule is Cc1ccc(Cn2nc(C)c(C(=O)NCC(=O)NC(C)(C)C)c2C)cc1. The Morgan fingerprint density at radius 3 is 2.27 bits per heavy atom. The van der Waals surface area contributed by atoms with Gasteiger partial charge in [-0.1, -0.05) is 29.8 Å². The fraction of sp³-hybridized carbons (Fsp3) is 0.450. The minimum Gasteiger partial charge on any atom is -0.350 e. The van der Waals surface area contributed by atoms with Crippen LogP contribution in [-0.4, -0.2) is 33.7 Å². The highest BCUT2D eigenvalue weighted by Crippen LogP contribution is 2.15. The molecule has 0 aliphatic heterocycles. The van der Waals surface area contributed by atoms with Gasteiger partial charge in [-0.05, 0) is 47.1 Å². The Morgan fingerprint density at radius 1 is 1.08 bits per heavy atom. The van der Waals surface area contributed by atoms with E-state index in [9.17, 15) is 9.59 Å². The van der Waals surface area contributed by atoms with Crippen LogP contribution in [0.25, 0.3) is 0 Å². The molecule has 2 rings (SSSR count). The van der Waals surface area contributed by atoms with Crippen LogP contribution in [0.3, 0.4) is 0 Å². The lowest BCUT2D eigenvalue weighted by molar-refractivity contribution is -0.121. The van der Waals surface area contributed by atoms with Gasteiger partial charge in [0.25, 0.3) is 5.91 Å². The monoisotopic (exact) mass is 356 g/mol. The lowest BCUT2D eigenvalue weighted by Gasteiger charge is -2.20. The summed E-state index contributed by atoms with van der Waals surface area (Å²) in [6.45, 7) is 12.0. The molecular formula is C20H28N4O2. The Morgan fingerprint density at radius 2 is 1.69 bits per heavy atom. The third kappa shape index (κ3) is 5.18. The van der Waals surface area contributed by atoms with Gasteiger partial charge in [-0.3, -0.25) is 14.3 Å². The van der Waals surface area contributed by atoms with Gasteiger partial charge in [-0.2, -0.15) is 5.10 Å². The lowest BCUT2D eigenvalue weighted by Crippen LogP contribution is -2.45. The van der Waals surface area contributed by atoms with Crippen molar-refractivity contribution in [2.24, 2.45) is 0 Å². The highest BCUT2D eigenvalue weighted by Gasteiger charge is 2.20. The summed E-state index contributed by atoms with van der Waals surface area (Å²) in [5.41, 5.74) is 3.97. The molecule has 0 bridgehead atoms. The highest BCUT2D eigenvalue weighted by atomic mass is 16.2. The Balaban J connectivity index is 2.07. The quantitative estimate of drug-likeness (QED) is 0.864. The molecule has 0 radical (unpaired) electrons. The van der Waals surface area contributed by atoms with Crippen LogP contribution in [0.5, 0.6) is 0 Å². The summed E-state index contributed by atoms with van der Waals surface area (Å²) < 4.78 is 1.82. The van der Waals surface area contributed by atoms with Crippen LogP contribution >= 0.6 is 0 Å². The first-order valence-electron chi connectivity index (χ1n) is 8.75. The standard InChI is InChI=1S/C20H28N4O2/c1-13-7-9-16(10-8-13)12-24-15(3)18(14(2)23-24)19(26)21-11-17(25)22-20(4,5)6/h7-10H,11-12H2,1-6H3,(H,21,26)(H,22,25). The molecule has 0 saturated heterocycles. The van der Waals surface area contributed by atoms with E-state index in [2.05, 4.69) is 40.0 Å². The fourth-order valence-corrected chi connectivity index (χ4v) is 2.76. The highest BCUT2D eigenvalue weighted by molar-refractivity contribution is 5.98. The number of carbonyl (C=O) groups is 2. The molecule has 140 valence electrons. The van der Waals surface area contributed by atoms with Crippen LogP contribution in [0.15, 0.2) is 24.3 Å². The van der Waals surface area contributed by atoms with Gasteiger partial charge in [0.05, 0.1) is 24.3 Å². The van der Waals surface area contributed by atoms with Gasteiger partial charge >= 0.3 is 0 Å². The van der Waals surface area contributed by atoms with Crippen LogP contribution in [0, 0.1) is 20.8 Å². The van der Waals surface area contributed by atoms with Gasteiger partial charge < -0.3 is 10.6 Å². The molecule has 2 N–H and O–H groups in total. The Kier molecular flexibility index (Phi) is 5.85. The molecule has 6 nitrogen and oxygen atoms in total. The summed E-state index contributed by atoms with van der Waals surface area (Å²) in [6, 6.07) is 8.23. The molecule has 1 heterocycles. The minimum absolute atomic E-state index is 0.0574. The van der Waals surface area contributed by atoms with Crippen molar-refractivity contribution < 1.29 is 9.59 Å². The zero-order chi connectivity index (χ0) is 19.5. The van der Waals surface area contributed by atoms with Gasteiger partial charge in [0, 0.05) is 11.2 Å². The molecule has 0 atom stereocenters. The Labute approximate surface area is 155 Å². The largest absolute Gasteiger partial charge is 0.350 e. The summed E-state index contributed by atoms with van der Waals surface area (Å²) in [5, 5.41) is 10.00. The van der Waals surface area contributed by atoms with Gasteiger partial charge in [0.2, 0.25) is 5.91 Å². The molecule has 2 aromatic rings. The summed E-state index contributed by atoms with van der Waals surface area (Å²) in [7, 11) is 0. The van der Waals surface area contributed by atoms with E-state index in [1.54, 1.807) is 0 Å². The van der Waals surface area contributed by atoms with E-state index in [-0.39, 0.29) is 23.9 Å². The third-order valence-corrected chi connectivity index (χ3v) is 3.99. The van der Waals surface area contributed by atoms with Gasteiger partial charge in [-0.15, -0.1) is 0 Å². The second-order valence-electron chi connectivity index (χ2n) is 7.67. The number of benzene rings is 1. The molecule has 2 amide bonds. The number of aryl methyl sites for hydroxylation is 2. The first kappa shape index (κ1) is 19.7. The van der Waals surface area contributed by atoms with Crippen molar-refractivity contribution in [3.63, 3.8) is 0 Å². The first-order valence-corrected chi connectivity index (χ1v) is 8.75. The van der Waals surface area contributed by atoms with E-state index in [1.165, 1.54) is 5.56 Å². The van der Waals surface area contributed by atoms with Gasteiger partial charge in [-0.25, -0.2) is 0 Å². The molecule has 6 heteroatoms. The normalized spacial score (nSPS) is 11.3.